The maximum absolute atomic E-state index is 12.8. The molecule has 0 aliphatic rings. The molecule has 3 aromatic carbocycles. The van der Waals surface area contributed by atoms with Gasteiger partial charge in [0, 0.05) is 17.7 Å². The van der Waals surface area contributed by atoms with E-state index in [1.54, 1.807) is 12.1 Å². The number of carbonyl (C=O) groups is 1. The van der Waals surface area contributed by atoms with Crippen LogP contribution < -0.4 is 10.1 Å². The highest BCUT2D eigenvalue weighted by atomic mass is 16.6. The van der Waals surface area contributed by atoms with E-state index in [0.717, 1.165) is 22.3 Å². The van der Waals surface area contributed by atoms with Gasteiger partial charge in [0.15, 0.2) is 0 Å². The molecule has 4 aromatic rings. The predicted octanol–water partition coefficient (Wildman–Crippen LogP) is 5.95. The van der Waals surface area contributed by atoms with E-state index in [4.69, 9.17) is 4.74 Å². The number of aromatic nitrogens is 2. The van der Waals surface area contributed by atoms with E-state index in [1.807, 2.05) is 63.2 Å². The fourth-order valence-electron chi connectivity index (χ4n) is 3.27. The highest BCUT2D eigenvalue weighted by Gasteiger charge is 2.16. The molecule has 0 aliphatic heterocycles. The summed E-state index contributed by atoms with van der Waals surface area (Å²) in [6.45, 7) is 5.81. The minimum Gasteiger partial charge on any atom is -0.457 e. The number of carbonyl (C=O) groups excluding carboxylic acids is 1. The second kappa shape index (κ2) is 8.96. The molecule has 1 aromatic heterocycles. The Bertz CT molecular complexity index is 1340. The molecule has 0 radical (unpaired) electrons. The minimum atomic E-state index is -0.530. The Balaban J connectivity index is 1.58. The number of nitrogens with zero attached hydrogens (tertiary/aromatic N) is 2. The maximum Gasteiger partial charge on any atom is 0.275 e. The molecule has 0 saturated heterocycles. The average Bonchev–Trinajstić information content (AvgIpc) is 3.27. The molecule has 33 heavy (non-hydrogen) atoms. The first kappa shape index (κ1) is 21.8. The van der Waals surface area contributed by atoms with Gasteiger partial charge in [-0.2, -0.15) is 5.10 Å². The molecule has 8 nitrogen and oxygen atoms in total. The van der Waals surface area contributed by atoms with Gasteiger partial charge in [-0.1, -0.05) is 42.0 Å². The van der Waals surface area contributed by atoms with Gasteiger partial charge in [0.1, 0.15) is 17.2 Å². The van der Waals surface area contributed by atoms with E-state index in [9.17, 15) is 14.9 Å². The van der Waals surface area contributed by atoms with Gasteiger partial charge in [0.2, 0.25) is 0 Å². The Morgan fingerprint density at radius 3 is 2.42 bits per heavy atom. The molecular weight excluding hydrogens is 420 g/mol. The fraction of sp³-hybridized carbons (Fsp3) is 0.120. The number of rotatable bonds is 6. The zero-order valence-electron chi connectivity index (χ0n) is 18.4. The lowest BCUT2D eigenvalue weighted by Gasteiger charge is -2.11. The number of benzene rings is 3. The van der Waals surface area contributed by atoms with Crippen LogP contribution in [0.4, 0.5) is 11.4 Å². The van der Waals surface area contributed by atoms with Crippen LogP contribution in [0.15, 0.2) is 66.7 Å². The van der Waals surface area contributed by atoms with Crippen LogP contribution in [-0.2, 0) is 0 Å². The first-order valence-corrected chi connectivity index (χ1v) is 10.3. The predicted molar refractivity (Wildman–Crippen MR) is 126 cm³/mol. The Kier molecular flexibility index (Phi) is 5.91. The molecule has 166 valence electrons. The number of nitro groups is 1. The van der Waals surface area contributed by atoms with Crippen molar-refractivity contribution in [2.45, 2.75) is 20.8 Å². The molecule has 0 saturated carbocycles. The molecular formula is C25H22N4O4. The topological polar surface area (TPSA) is 110 Å². The van der Waals surface area contributed by atoms with Crippen LogP contribution in [0, 0.1) is 30.9 Å². The van der Waals surface area contributed by atoms with Crippen LogP contribution in [0.1, 0.15) is 27.2 Å². The van der Waals surface area contributed by atoms with E-state index in [2.05, 4.69) is 15.5 Å². The number of non-ortho nitro benzene ring substituents is 1. The smallest absolute Gasteiger partial charge is 0.275 e. The molecule has 0 spiro atoms. The van der Waals surface area contributed by atoms with Gasteiger partial charge in [-0.3, -0.25) is 20.0 Å². The van der Waals surface area contributed by atoms with E-state index in [1.165, 1.54) is 12.1 Å². The van der Waals surface area contributed by atoms with Gasteiger partial charge in [0.05, 0.1) is 22.4 Å². The summed E-state index contributed by atoms with van der Waals surface area (Å²) in [4.78, 5) is 23.7. The SMILES string of the molecule is Cc1ccc(-c2cc(C(=O)Nc3cc(Oc4cc(C)ccc4C)cc([N+](=O)[O-])c3)[nH]n2)cc1. The zero-order chi connectivity index (χ0) is 23.5. The van der Waals surface area contributed by atoms with Crippen LogP contribution in [0.25, 0.3) is 11.3 Å². The molecule has 1 amide bonds. The monoisotopic (exact) mass is 442 g/mol. The summed E-state index contributed by atoms with van der Waals surface area (Å²) in [7, 11) is 0. The van der Waals surface area contributed by atoms with Crippen LogP contribution >= 0.6 is 0 Å². The molecule has 0 fully saturated rings. The summed E-state index contributed by atoms with van der Waals surface area (Å²) in [5, 5.41) is 21.0. The van der Waals surface area contributed by atoms with Gasteiger partial charge in [-0.05, 0) is 44.0 Å². The third-order valence-corrected chi connectivity index (χ3v) is 5.10. The lowest BCUT2D eigenvalue weighted by Crippen LogP contribution is -2.12. The van der Waals surface area contributed by atoms with Crippen molar-refractivity contribution in [3.8, 4) is 22.8 Å². The van der Waals surface area contributed by atoms with E-state index >= 15 is 0 Å². The second-order valence-electron chi connectivity index (χ2n) is 7.83. The maximum atomic E-state index is 12.8. The van der Waals surface area contributed by atoms with Gasteiger partial charge in [-0.25, -0.2) is 0 Å². The van der Waals surface area contributed by atoms with Crippen molar-refractivity contribution >= 4 is 17.3 Å². The fourth-order valence-corrected chi connectivity index (χ4v) is 3.27. The second-order valence-corrected chi connectivity index (χ2v) is 7.83. The molecule has 0 aliphatic carbocycles. The Hall–Kier alpha value is -4.46. The highest BCUT2D eigenvalue weighted by Crippen LogP contribution is 2.32. The number of anilines is 1. The number of amides is 1. The van der Waals surface area contributed by atoms with Crippen LogP contribution in [0.2, 0.25) is 0 Å². The van der Waals surface area contributed by atoms with Gasteiger partial charge >= 0.3 is 0 Å². The van der Waals surface area contributed by atoms with Crippen LogP contribution in [-0.4, -0.2) is 21.0 Å². The van der Waals surface area contributed by atoms with Crippen molar-refractivity contribution in [1.82, 2.24) is 10.2 Å². The summed E-state index contributed by atoms with van der Waals surface area (Å²) in [6.07, 6.45) is 0. The molecule has 8 heteroatoms. The molecule has 2 N–H and O–H groups in total. The van der Waals surface area contributed by atoms with Crippen molar-refractivity contribution in [2.24, 2.45) is 0 Å². The van der Waals surface area contributed by atoms with Crippen molar-refractivity contribution in [1.29, 1.82) is 0 Å². The van der Waals surface area contributed by atoms with E-state index < -0.39 is 10.8 Å². The number of H-pyrrole nitrogens is 1. The third-order valence-electron chi connectivity index (χ3n) is 5.10. The third kappa shape index (κ3) is 5.07. The molecule has 0 atom stereocenters. The summed E-state index contributed by atoms with van der Waals surface area (Å²) < 4.78 is 5.90. The van der Waals surface area contributed by atoms with Crippen LogP contribution in [0.5, 0.6) is 11.5 Å². The van der Waals surface area contributed by atoms with Crippen LogP contribution in [0.3, 0.4) is 0 Å². The number of ether oxygens (including phenoxy) is 1. The Morgan fingerprint density at radius 1 is 0.970 bits per heavy atom. The zero-order valence-corrected chi connectivity index (χ0v) is 18.4. The number of nitrogens with one attached hydrogen (secondary N) is 2. The highest BCUT2D eigenvalue weighted by molar-refractivity contribution is 6.03. The summed E-state index contributed by atoms with van der Waals surface area (Å²) in [5.41, 5.74) is 4.77. The average molecular weight is 442 g/mol. The summed E-state index contributed by atoms with van der Waals surface area (Å²) in [6, 6.07) is 19.3. The molecule has 0 unspecified atom stereocenters. The Morgan fingerprint density at radius 2 is 1.70 bits per heavy atom. The number of aromatic amines is 1. The van der Waals surface area contributed by atoms with Crippen molar-refractivity contribution in [3.05, 3.63) is 99.2 Å². The van der Waals surface area contributed by atoms with Crippen molar-refractivity contribution < 1.29 is 14.5 Å². The van der Waals surface area contributed by atoms with Gasteiger partial charge in [0.25, 0.3) is 11.6 Å². The number of hydrogen-bond acceptors (Lipinski definition) is 5. The first-order valence-electron chi connectivity index (χ1n) is 10.3. The molecule has 4 rings (SSSR count). The van der Waals surface area contributed by atoms with E-state index in [-0.39, 0.29) is 22.8 Å². The van der Waals surface area contributed by atoms with Gasteiger partial charge in [-0.15, -0.1) is 0 Å². The van der Waals surface area contributed by atoms with Crippen molar-refractivity contribution in [2.75, 3.05) is 5.32 Å². The number of aryl methyl sites for hydroxylation is 3. The largest absolute Gasteiger partial charge is 0.457 e. The molecule has 0 bridgehead atoms. The summed E-state index contributed by atoms with van der Waals surface area (Å²) >= 11 is 0. The number of nitro benzene ring substituents is 1. The van der Waals surface area contributed by atoms with E-state index in [0.29, 0.717) is 11.4 Å². The normalized spacial score (nSPS) is 10.6. The molecule has 1 heterocycles. The lowest BCUT2D eigenvalue weighted by molar-refractivity contribution is -0.384. The summed E-state index contributed by atoms with van der Waals surface area (Å²) in [5.74, 6) is 0.362. The minimum absolute atomic E-state index is 0.196. The van der Waals surface area contributed by atoms with Crippen molar-refractivity contribution in [3.63, 3.8) is 0 Å². The quantitative estimate of drug-likeness (QED) is 0.283. The number of hydrogen-bond donors (Lipinski definition) is 2. The lowest BCUT2D eigenvalue weighted by atomic mass is 10.1. The van der Waals surface area contributed by atoms with Gasteiger partial charge < -0.3 is 10.1 Å². The standard InChI is InChI=1S/C25H22N4O4/c1-15-5-8-18(9-6-15)22-14-23(28-27-22)25(30)26-19-11-20(29(31)32)13-21(12-19)33-24-10-16(2)4-7-17(24)3/h4-14H,1-3H3,(H,26,30)(H,27,28). The Labute approximate surface area is 190 Å². The first-order chi connectivity index (χ1) is 15.8.